The lowest BCUT2D eigenvalue weighted by Gasteiger charge is -2.10. The van der Waals surface area contributed by atoms with Crippen LogP contribution in [0.3, 0.4) is 0 Å². The number of carbonyl (C=O) groups is 2. The second-order valence-corrected chi connectivity index (χ2v) is 7.63. The average molecular weight is 464 g/mol. The van der Waals surface area contributed by atoms with Crippen molar-refractivity contribution in [2.24, 2.45) is 0 Å². The van der Waals surface area contributed by atoms with Crippen molar-refractivity contribution in [1.29, 1.82) is 0 Å². The van der Waals surface area contributed by atoms with Gasteiger partial charge in [-0.3, -0.25) is 9.78 Å². The van der Waals surface area contributed by atoms with Crippen LogP contribution in [0.25, 0.3) is 18.2 Å². The van der Waals surface area contributed by atoms with Gasteiger partial charge in [0.1, 0.15) is 0 Å². The number of ether oxygens (including phenoxy) is 1. The largest absolute Gasteiger partial charge is 0.466 e. The number of aromatic nitrogens is 1. The zero-order valence-corrected chi connectivity index (χ0v) is 18.0. The number of hydrogen-bond donors (Lipinski definition) is 1. The third-order valence-electron chi connectivity index (χ3n) is 5.22. The van der Waals surface area contributed by atoms with Gasteiger partial charge < -0.3 is 10.1 Å². The number of amides is 1. The number of fused-ring (bicyclic) bond motifs is 1. The number of benzene rings is 2. The summed E-state index contributed by atoms with van der Waals surface area (Å²) in [5, 5.41) is 2.50. The molecule has 0 fully saturated rings. The molecule has 0 aliphatic heterocycles. The van der Waals surface area contributed by atoms with E-state index in [1.54, 1.807) is 42.6 Å². The van der Waals surface area contributed by atoms with Gasteiger partial charge in [0.05, 0.1) is 18.4 Å². The van der Waals surface area contributed by atoms with E-state index in [-0.39, 0.29) is 11.7 Å². The molecule has 172 valence electrons. The highest BCUT2D eigenvalue weighted by molar-refractivity contribution is 6.04. The first-order valence-corrected chi connectivity index (χ1v) is 10.3. The predicted molar refractivity (Wildman–Crippen MR) is 123 cm³/mol. The highest BCUT2D eigenvalue weighted by Gasteiger charge is 2.30. The summed E-state index contributed by atoms with van der Waals surface area (Å²) in [5.74, 6) is -0.899. The molecule has 1 heterocycles. The highest BCUT2D eigenvalue weighted by atomic mass is 19.4. The predicted octanol–water partition coefficient (Wildman–Crippen LogP) is 5.64. The molecule has 4 rings (SSSR count). The van der Waals surface area contributed by atoms with Crippen molar-refractivity contribution in [3.8, 4) is 0 Å². The molecule has 0 unspecified atom stereocenters. The summed E-state index contributed by atoms with van der Waals surface area (Å²) in [6.07, 6.45) is 2.99. The quantitative estimate of drug-likeness (QED) is 0.497. The fourth-order valence-electron chi connectivity index (χ4n) is 3.52. The third kappa shape index (κ3) is 5.23. The van der Waals surface area contributed by atoms with Gasteiger partial charge in [0, 0.05) is 29.4 Å². The summed E-state index contributed by atoms with van der Waals surface area (Å²) in [4.78, 5) is 28.7. The number of rotatable bonds is 5. The smallest absolute Gasteiger partial charge is 0.416 e. The standard InChI is InChI=1S/C26H19F3N2O3/c1-34-25(33)20-12-19-11-17(15-30-23(19)13-20)9-8-16-4-2-5-18(10-16)24(32)31-22-7-3-6-21(14-22)26(27,28)29/h2-12,14-15H,13H2,1H3,(H,31,32). The molecule has 0 radical (unpaired) electrons. The SMILES string of the molecule is COC(=O)C1=Cc2cc(C=Cc3cccc(C(=O)Nc4cccc(C(F)(F)F)c4)c3)cnc2C1. The summed E-state index contributed by atoms with van der Waals surface area (Å²) < 4.78 is 43.5. The number of alkyl halides is 3. The van der Waals surface area contributed by atoms with Gasteiger partial charge in [0.2, 0.25) is 0 Å². The number of hydrogen-bond acceptors (Lipinski definition) is 4. The lowest BCUT2D eigenvalue weighted by Crippen LogP contribution is -2.13. The van der Waals surface area contributed by atoms with Crippen LogP contribution in [0.15, 0.2) is 66.4 Å². The summed E-state index contributed by atoms with van der Waals surface area (Å²) in [6.45, 7) is 0. The van der Waals surface area contributed by atoms with Crippen molar-refractivity contribution >= 4 is 35.8 Å². The van der Waals surface area contributed by atoms with Crippen molar-refractivity contribution in [3.63, 3.8) is 0 Å². The maximum Gasteiger partial charge on any atom is 0.416 e. The van der Waals surface area contributed by atoms with E-state index in [2.05, 4.69) is 10.3 Å². The molecule has 8 heteroatoms. The van der Waals surface area contributed by atoms with Crippen LogP contribution in [-0.4, -0.2) is 24.0 Å². The van der Waals surface area contributed by atoms with Crippen molar-refractivity contribution in [2.45, 2.75) is 12.6 Å². The average Bonchev–Trinajstić information content (AvgIpc) is 3.25. The van der Waals surface area contributed by atoms with Gasteiger partial charge >= 0.3 is 12.1 Å². The van der Waals surface area contributed by atoms with E-state index in [1.165, 1.54) is 19.2 Å². The first-order valence-electron chi connectivity index (χ1n) is 10.3. The van der Waals surface area contributed by atoms with Crippen LogP contribution in [0.2, 0.25) is 0 Å². The third-order valence-corrected chi connectivity index (χ3v) is 5.22. The van der Waals surface area contributed by atoms with Crippen LogP contribution in [-0.2, 0) is 22.1 Å². The zero-order valence-electron chi connectivity index (χ0n) is 18.0. The van der Waals surface area contributed by atoms with Crippen LogP contribution in [0, 0.1) is 0 Å². The molecule has 2 aromatic carbocycles. The van der Waals surface area contributed by atoms with E-state index in [1.807, 2.05) is 12.1 Å². The van der Waals surface area contributed by atoms with E-state index in [0.717, 1.165) is 34.5 Å². The molecule has 3 aromatic rings. The van der Waals surface area contributed by atoms with E-state index in [4.69, 9.17) is 4.74 Å². The van der Waals surface area contributed by atoms with E-state index < -0.39 is 17.6 Å². The number of methoxy groups -OCH3 is 1. The molecule has 34 heavy (non-hydrogen) atoms. The van der Waals surface area contributed by atoms with E-state index in [0.29, 0.717) is 17.6 Å². The van der Waals surface area contributed by atoms with Crippen molar-refractivity contribution in [3.05, 3.63) is 99.9 Å². The molecular formula is C26H19F3N2O3. The molecule has 0 bridgehead atoms. The van der Waals surface area contributed by atoms with Crippen LogP contribution in [0.5, 0.6) is 0 Å². The summed E-state index contributed by atoms with van der Waals surface area (Å²) in [7, 11) is 1.34. The van der Waals surface area contributed by atoms with Gasteiger partial charge in [-0.1, -0.05) is 30.4 Å². The van der Waals surface area contributed by atoms with Gasteiger partial charge in [0.25, 0.3) is 5.91 Å². The summed E-state index contributed by atoms with van der Waals surface area (Å²) >= 11 is 0. The lowest BCUT2D eigenvalue weighted by atomic mass is 10.1. The van der Waals surface area contributed by atoms with Crippen LogP contribution in [0.1, 0.15) is 38.3 Å². The van der Waals surface area contributed by atoms with Gasteiger partial charge in [-0.25, -0.2) is 4.79 Å². The lowest BCUT2D eigenvalue weighted by molar-refractivity contribution is -0.137. The number of carbonyl (C=O) groups excluding carboxylic acids is 2. The van der Waals surface area contributed by atoms with E-state index >= 15 is 0 Å². The maximum atomic E-state index is 12.9. The van der Waals surface area contributed by atoms with Crippen molar-refractivity contribution in [1.82, 2.24) is 4.98 Å². The number of halogens is 3. The molecule has 0 spiro atoms. The summed E-state index contributed by atoms with van der Waals surface area (Å²) in [6, 6.07) is 13.1. The number of nitrogens with one attached hydrogen (secondary N) is 1. The first-order chi connectivity index (χ1) is 16.2. The minimum absolute atomic E-state index is 0.0596. The molecule has 1 aromatic heterocycles. The topological polar surface area (TPSA) is 68.3 Å². The normalized spacial score (nSPS) is 12.9. The second-order valence-electron chi connectivity index (χ2n) is 7.63. The van der Waals surface area contributed by atoms with Gasteiger partial charge in [-0.15, -0.1) is 0 Å². The van der Waals surface area contributed by atoms with E-state index in [9.17, 15) is 22.8 Å². The Morgan fingerprint density at radius 3 is 2.56 bits per heavy atom. The Balaban J connectivity index is 1.48. The molecule has 1 aliphatic carbocycles. The van der Waals surface area contributed by atoms with Gasteiger partial charge in [-0.05, 0) is 59.2 Å². The summed E-state index contributed by atoms with van der Waals surface area (Å²) in [5.41, 5.74) is 3.25. The molecule has 1 N–H and O–H groups in total. The number of pyridine rings is 1. The molecule has 5 nitrogen and oxygen atoms in total. The number of nitrogens with zero attached hydrogens (tertiary/aromatic N) is 1. The fourth-order valence-corrected chi connectivity index (χ4v) is 3.52. The monoisotopic (exact) mass is 464 g/mol. The molecule has 1 amide bonds. The molecule has 0 saturated carbocycles. The molecule has 0 saturated heterocycles. The number of anilines is 1. The van der Waals surface area contributed by atoms with Crippen LogP contribution in [0.4, 0.5) is 18.9 Å². The maximum absolute atomic E-state index is 12.9. The Morgan fingerprint density at radius 1 is 1.03 bits per heavy atom. The van der Waals surface area contributed by atoms with Crippen LogP contribution >= 0.6 is 0 Å². The van der Waals surface area contributed by atoms with Gasteiger partial charge in [0.15, 0.2) is 0 Å². The molecule has 0 atom stereocenters. The van der Waals surface area contributed by atoms with Crippen LogP contribution < -0.4 is 5.32 Å². The number of esters is 1. The minimum atomic E-state index is -4.49. The Morgan fingerprint density at radius 2 is 1.79 bits per heavy atom. The fraction of sp³-hybridized carbons (Fsp3) is 0.115. The van der Waals surface area contributed by atoms with Crippen molar-refractivity contribution in [2.75, 3.05) is 12.4 Å². The Hall–Kier alpha value is -4.20. The minimum Gasteiger partial charge on any atom is -0.466 e. The Bertz CT molecular complexity index is 1330. The highest BCUT2D eigenvalue weighted by Crippen LogP contribution is 2.31. The van der Waals surface area contributed by atoms with Gasteiger partial charge in [-0.2, -0.15) is 13.2 Å². The zero-order chi connectivity index (χ0) is 24.3. The Kier molecular flexibility index (Phi) is 6.32. The molecule has 1 aliphatic rings. The van der Waals surface area contributed by atoms with Crippen molar-refractivity contribution < 1.29 is 27.5 Å². The Labute approximate surface area is 193 Å². The second kappa shape index (κ2) is 9.35. The first kappa shape index (κ1) is 23.0. The molecular weight excluding hydrogens is 445 g/mol.